The summed E-state index contributed by atoms with van der Waals surface area (Å²) in [4.78, 5) is 1.47. The van der Waals surface area contributed by atoms with Crippen molar-refractivity contribution in [1.29, 1.82) is 0 Å². The lowest BCUT2D eigenvalue weighted by Gasteiger charge is -2.16. The minimum Gasteiger partial charge on any atom is -0.330 e. The molecule has 16 heavy (non-hydrogen) atoms. The Morgan fingerprint density at radius 2 is 2.00 bits per heavy atom. The van der Waals surface area contributed by atoms with Gasteiger partial charge in [-0.25, -0.2) is 0 Å². The minimum absolute atomic E-state index is 0.247. The number of nitrogens with two attached hydrogens (primary N) is 1. The molecule has 2 heteroatoms. The van der Waals surface area contributed by atoms with Crippen molar-refractivity contribution in [3.05, 3.63) is 35.2 Å². The maximum atomic E-state index is 6.00. The fraction of sp³-hybridized carbons (Fsp3) is 0.429. The Kier molecular flexibility index (Phi) is 1.99. The molecule has 2 N–H and O–H groups in total. The molecule has 1 aliphatic rings. The first-order valence-corrected chi connectivity index (χ1v) is 6.60. The molecule has 3 rings (SSSR count). The normalized spacial score (nSPS) is 27.2. The predicted octanol–water partition coefficient (Wildman–Crippen LogP) is 3.53. The van der Waals surface area contributed by atoms with Crippen molar-refractivity contribution < 1.29 is 0 Å². The van der Waals surface area contributed by atoms with E-state index < -0.39 is 0 Å². The SMILES string of the molecule is CC1(C)CC1(CN)c1cc2ccccc2s1. The molecule has 1 heterocycles. The summed E-state index contributed by atoms with van der Waals surface area (Å²) in [6, 6.07) is 10.9. The maximum Gasteiger partial charge on any atom is 0.0345 e. The van der Waals surface area contributed by atoms with Gasteiger partial charge in [0.2, 0.25) is 0 Å². The summed E-state index contributed by atoms with van der Waals surface area (Å²) in [6.07, 6.45) is 1.23. The number of hydrogen-bond acceptors (Lipinski definition) is 2. The van der Waals surface area contributed by atoms with Crippen LogP contribution in [0.1, 0.15) is 25.1 Å². The summed E-state index contributed by atoms with van der Waals surface area (Å²) in [5, 5.41) is 1.36. The van der Waals surface area contributed by atoms with Crippen molar-refractivity contribution in [3.8, 4) is 0 Å². The Morgan fingerprint density at radius 1 is 1.31 bits per heavy atom. The summed E-state index contributed by atoms with van der Waals surface area (Å²) in [5.41, 5.74) is 6.63. The second kappa shape index (κ2) is 3.08. The molecular formula is C14H17NS. The molecule has 0 saturated heterocycles. The van der Waals surface area contributed by atoms with E-state index in [1.165, 1.54) is 21.4 Å². The van der Waals surface area contributed by atoms with E-state index in [2.05, 4.69) is 44.2 Å². The Labute approximate surface area is 100 Å². The fourth-order valence-corrected chi connectivity index (χ4v) is 4.24. The van der Waals surface area contributed by atoms with Gasteiger partial charge in [0, 0.05) is 21.5 Å². The summed E-state index contributed by atoms with van der Waals surface area (Å²) >= 11 is 1.91. The average Bonchev–Trinajstić information content (AvgIpc) is 2.67. The van der Waals surface area contributed by atoms with E-state index >= 15 is 0 Å². The van der Waals surface area contributed by atoms with Gasteiger partial charge in [-0.05, 0) is 29.4 Å². The van der Waals surface area contributed by atoms with Crippen molar-refractivity contribution in [2.75, 3.05) is 6.54 Å². The summed E-state index contributed by atoms with van der Waals surface area (Å²) < 4.78 is 1.38. The second-order valence-electron chi connectivity index (χ2n) is 5.50. The quantitative estimate of drug-likeness (QED) is 0.840. The summed E-state index contributed by atoms with van der Waals surface area (Å²) in [7, 11) is 0. The molecule has 0 radical (unpaired) electrons. The zero-order valence-corrected chi connectivity index (χ0v) is 10.6. The predicted molar refractivity (Wildman–Crippen MR) is 71.0 cm³/mol. The van der Waals surface area contributed by atoms with Crippen LogP contribution in [0.3, 0.4) is 0 Å². The van der Waals surface area contributed by atoms with Gasteiger partial charge in [-0.15, -0.1) is 11.3 Å². The monoisotopic (exact) mass is 231 g/mol. The van der Waals surface area contributed by atoms with Gasteiger partial charge in [0.05, 0.1) is 0 Å². The van der Waals surface area contributed by atoms with E-state index in [-0.39, 0.29) is 5.41 Å². The van der Waals surface area contributed by atoms with Crippen molar-refractivity contribution >= 4 is 21.4 Å². The van der Waals surface area contributed by atoms with Gasteiger partial charge in [-0.3, -0.25) is 0 Å². The largest absolute Gasteiger partial charge is 0.330 e. The lowest BCUT2D eigenvalue weighted by molar-refractivity contribution is 0.509. The molecule has 1 unspecified atom stereocenters. The molecule has 1 atom stereocenters. The third-order valence-electron chi connectivity index (χ3n) is 4.16. The van der Waals surface area contributed by atoms with E-state index in [0.29, 0.717) is 5.41 Å². The highest BCUT2D eigenvalue weighted by Crippen LogP contribution is 2.65. The van der Waals surface area contributed by atoms with E-state index in [4.69, 9.17) is 5.73 Å². The number of hydrogen-bond donors (Lipinski definition) is 1. The van der Waals surface area contributed by atoms with Crippen LogP contribution in [-0.4, -0.2) is 6.54 Å². The van der Waals surface area contributed by atoms with Gasteiger partial charge >= 0.3 is 0 Å². The summed E-state index contributed by atoms with van der Waals surface area (Å²) in [5.74, 6) is 0. The van der Waals surface area contributed by atoms with Crippen LogP contribution in [0.25, 0.3) is 10.1 Å². The van der Waals surface area contributed by atoms with Crippen LogP contribution in [-0.2, 0) is 5.41 Å². The molecule has 1 saturated carbocycles. The first kappa shape index (κ1) is 10.3. The van der Waals surface area contributed by atoms with Crippen LogP contribution in [0.5, 0.6) is 0 Å². The van der Waals surface area contributed by atoms with E-state index in [1.54, 1.807) is 0 Å². The minimum atomic E-state index is 0.247. The van der Waals surface area contributed by atoms with Gasteiger partial charge in [0.25, 0.3) is 0 Å². The van der Waals surface area contributed by atoms with Gasteiger partial charge in [0.1, 0.15) is 0 Å². The molecule has 84 valence electrons. The van der Waals surface area contributed by atoms with Crippen LogP contribution in [0.4, 0.5) is 0 Å². The highest BCUT2D eigenvalue weighted by atomic mass is 32.1. The number of benzene rings is 1. The van der Waals surface area contributed by atoms with Crippen molar-refractivity contribution in [1.82, 2.24) is 0 Å². The van der Waals surface area contributed by atoms with E-state index in [9.17, 15) is 0 Å². The van der Waals surface area contributed by atoms with Gasteiger partial charge < -0.3 is 5.73 Å². The summed E-state index contributed by atoms with van der Waals surface area (Å²) in [6.45, 7) is 5.42. The molecule has 0 aliphatic heterocycles. The van der Waals surface area contributed by atoms with Crippen LogP contribution >= 0.6 is 11.3 Å². The Morgan fingerprint density at radius 3 is 2.56 bits per heavy atom. The fourth-order valence-electron chi connectivity index (χ4n) is 2.80. The lowest BCUT2D eigenvalue weighted by Crippen LogP contribution is -2.24. The molecular weight excluding hydrogens is 214 g/mol. The number of fused-ring (bicyclic) bond motifs is 1. The van der Waals surface area contributed by atoms with Gasteiger partial charge in [-0.2, -0.15) is 0 Å². The first-order chi connectivity index (χ1) is 7.59. The van der Waals surface area contributed by atoms with Crippen LogP contribution in [0, 0.1) is 5.41 Å². The molecule has 1 nitrogen and oxygen atoms in total. The van der Waals surface area contributed by atoms with E-state index in [0.717, 1.165) is 6.54 Å². The third kappa shape index (κ3) is 1.20. The Hall–Kier alpha value is -0.860. The average molecular weight is 231 g/mol. The first-order valence-electron chi connectivity index (χ1n) is 5.78. The topological polar surface area (TPSA) is 26.0 Å². The van der Waals surface area contributed by atoms with E-state index in [1.807, 2.05) is 11.3 Å². The van der Waals surface area contributed by atoms with Gasteiger partial charge in [-0.1, -0.05) is 32.0 Å². The molecule has 1 aliphatic carbocycles. The molecule has 1 fully saturated rings. The second-order valence-corrected chi connectivity index (χ2v) is 6.58. The van der Waals surface area contributed by atoms with Crippen LogP contribution in [0.2, 0.25) is 0 Å². The third-order valence-corrected chi connectivity index (χ3v) is 5.48. The molecule has 0 bridgehead atoms. The Balaban J connectivity index is 2.13. The maximum absolute atomic E-state index is 6.00. The smallest absolute Gasteiger partial charge is 0.0345 e. The number of thiophene rings is 1. The molecule has 1 aromatic carbocycles. The van der Waals surface area contributed by atoms with Crippen molar-refractivity contribution in [2.24, 2.45) is 11.1 Å². The zero-order valence-electron chi connectivity index (χ0n) is 9.79. The highest BCUT2D eigenvalue weighted by molar-refractivity contribution is 7.19. The van der Waals surface area contributed by atoms with Crippen LogP contribution in [0.15, 0.2) is 30.3 Å². The van der Waals surface area contributed by atoms with Crippen molar-refractivity contribution in [2.45, 2.75) is 25.7 Å². The highest BCUT2D eigenvalue weighted by Gasteiger charge is 2.61. The van der Waals surface area contributed by atoms with Crippen molar-refractivity contribution in [3.63, 3.8) is 0 Å². The molecule has 0 amide bonds. The standard InChI is InChI=1S/C14H17NS/c1-13(2)8-14(13,9-15)12-7-10-5-3-4-6-11(10)16-12/h3-7H,8-9,15H2,1-2H3. The number of rotatable bonds is 2. The van der Waals surface area contributed by atoms with Gasteiger partial charge in [0.15, 0.2) is 0 Å². The molecule has 0 spiro atoms. The molecule has 2 aromatic rings. The molecule has 1 aromatic heterocycles. The lowest BCUT2D eigenvalue weighted by atomic mass is 9.94. The zero-order chi connectivity index (χ0) is 11.4. The Bertz CT molecular complexity index is 507. The van der Waals surface area contributed by atoms with Crippen LogP contribution < -0.4 is 5.73 Å².